The van der Waals surface area contributed by atoms with E-state index in [4.69, 9.17) is 23.2 Å². The summed E-state index contributed by atoms with van der Waals surface area (Å²) in [6.45, 7) is 4.07. The molecule has 2 N–H and O–H groups in total. The standard InChI is InChI=1S/C17H18Cl2N2O4S/c1-3-21(4-2)26(24,25)12-6-8-16(22)15(10-12)20-17(23)13-9-11(18)5-7-14(13)19/h5-10,22H,3-4H2,1-2H3,(H,20,23). The van der Waals surface area contributed by atoms with Gasteiger partial charge in [-0.1, -0.05) is 37.0 Å². The molecule has 0 heterocycles. The summed E-state index contributed by atoms with van der Waals surface area (Å²) in [5, 5.41) is 13.0. The van der Waals surface area contributed by atoms with Gasteiger partial charge in [0.1, 0.15) is 5.75 Å². The van der Waals surface area contributed by atoms with Crippen LogP contribution in [0.3, 0.4) is 0 Å². The molecule has 0 spiro atoms. The number of phenols is 1. The zero-order chi connectivity index (χ0) is 19.5. The average molecular weight is 417 g/mol. The third kappa shape index (κ3) is 4.29. The van der Waals surface area contributed by atoms with Gasteiger partial charge in [-0.2, -0.15) is 4.31 Å². The van der Waals surface area contributed by atoms with Gasteiger partial charge >= 0.3 is 0 Å². The Balaban J connectivity index is 2.39. The van der Waals surface area contributed by atoms with Crippen molar-refractivity contribution in [3.05, 3.63) is 52.0 Å². The first kappa shape index (κ1) is 20.5. The van der Waals surface area contributed by atoms with E-state index in [0.29, 0.717) is 18.1 Å². The van der Waals surface area contributed by atoms with Crippen LogP contribution in [0.4, 0.5) is 5.69 Å². The lowest BCUT2D eigenvalue weighted by atomic mass is 10.2. The van der Waals surface area contributed by atoms with Crippen molar-refractivity contribution in [2.45, 2.75) is 18.7 Å². The second-order valence-corrected chi connectivity index (χ2v) is 8.13. The fourth-order valence-electron chi connectivity index (χ4n) is 2.35. The van der Waals surface area contributed by atoms with E-state index >= 15 is 0 Å². The molecule has 0 aliphatic rings. The number of aromatic hydroxyl groups is 1. The minimum Gasteiger partial charge on any atom is -0.506 e. The molecule has 0 radical (unpaired) electrons. The molecule has 6 nitrogen and oxygen atoms in total. The van der Waals surface area contributed by atoms with Crippen molar-refractivity contribution < 1.29 is 18.3 Å². The van der Waals surface area contributed by atoms with Crippen molar-refractivity contribution in [2.75, 3.05) is 18.4 Å². The molecule has 2 rings (SSSR count). The van der Waals surface area contributed by atoms with Crippen molar-refractivity contribution in [2.24, 2.45) is 0 Å². The topological polar surface area (TPSA) is 86.7 Å². The Morgan fingerprint density at radius 1 is 1.12 bits per heavy atom. The molecule has 0 fully saturated rings. The number of amides is 1. The predicted octanol–water partition coefficient (Wildman–Crippen LogP) is 3.98. The Morgan fingerprint density at radius 3 is 2.38 bits per heavy atom. The van der Waals surface area contributed by atoms with Gasteiger partial charge in [-0.05, 0) is 36.4 Å². The fraction of sp³-hybridized carbons (Fsp3) is 0.235. The number of anilines is 1. The number of hydrogen-bond donors (Lipinski definition) is 2. The van der Waals surface area contributed by atoms with E-state index in [0.717, 1.165) is 0 Å². The maximum Gasteiger partial charge on any atom is 0.257 e. The van der Waals surface area contributed by atoms with E-state index in [2.05, 4.69) is 5.32 Å². The van der Waals surface area contributed by atoms with Gasteiger partial charge < -0.3 is 10.4 Å². The van der Waals surface area contributed by atoms with Crippen molar-refractivity contribution in [1.82, 2.24) is 4.31 Å². The van der Waals surface area contributed by atoms with Crippen molar-refractivity contribution in [3.8, 4) is 5.75 Å². The summed E-state index contributed by atoms with van der Waals surface area (Å²) in [6.07, 6.45) is 0. The third-order valence-electron chi connectivity index (χ3n) is 3.73. The van der Waals surface area contributed by atoms with Crippen LogP contribution in [0.5, 0.6) is 5.75 Å². The lowest BCUT2D eigenvalue weighted by Gasteiger charge is -2.19. The van der Waals surface area contributed by atoms with E-state index in [9.17, 15) is 18.3 Å². The molecule has 0 atom stereocenters. The zero-order valence-corrected chi connectivity index (χ0v) is 16.5. The number of phenolic OH excluding ortho intramolecular Hbond substituents is 1. The number of nitrogens with one attached hydrogen (secondary N) is 1. The highest BCUT2D eigenvalue weighted by Gasteiger charge is 2.23. The summed E-state index contributed by atoms with van der Waals surface area (Å²) in [5.74, 6) is -0.889. The molecule has 0 bridgehead atoms. The molecule has 2 aromatic carbocycles. The summed E-state index contributed by atoms with van der Waals surface area (Å²) < 4.78 is 26.5. The van der Waals surface area contributed by atoms with Gasteiger partial charge in [-0.25, -0.2) is 8.42 Å². The zero-order valence-electron chi connectivity index (χ0n) is 14.2. The molecular weight excluding hydrogens is 399 g/mol. The number of rotatable bonds is 6. The van der Waals surface area contributed by atoms with Crippen LogP contribution in [0.2, 0.25) is 10.0 Å². The smallest absolute Gasteiger partial charge is 0.257 e. The van der Waals surface area contributed by atoms with E-state index in [1.165, 1.54) is 40.7 Å². The first-order chi connectivity index (χ1) is 12.2. The highest BCUT2D eigenvalue weighted by molar-refractivity contribution is 7.89. The van der Waals surface area contributed by atoms with Crippen LogP contribution in [0.25, 0.3) is 0 Å². The molecule has 2 aromatic rings. The monoisotopic (exact) mass is 416 g/mol. The predicted molar refractivity (Wildman–Crippen MR) is 103 cm³/mol. The van der Waals surface area contributed by atoms with E-state index in [1.807, 2.05) is 0 Å². The average Bonchev–Trinajstić information content (AvgIpc) is 2.59. The lowest BCUT2D eigenvalue weighted by Crippen LogP contribution is -2.30. The van der Waals surface area contributed by atoms with Gasteiger partial charge in [0.25, 0.3) is 5.91 Å². The van der Waals surface area contributed by atoms with Crippen LogP contribution in [-0.2, 0) is 10.0 Å². The molecular formula is C17H18Cl2N2O4S. The van der Waals surface area contributed by atoms with Crippen molar-refractivity contribution in [3.63, 3.8) is 0 Å². The Bertz CT molecular complexity index is 928. The number of halogens is 2. The van der Waals surface area contributed by atoms with Gasteiger partial charge in [0, 0.05) is 18.1 Å². The largest absolute Gasteiger partial charge is 0.506 e. The number of hydrogen-bond acceptors (Lipinski definition) is 4. The third-order valence-corrected chi connectivity index (χ3v) is 6.34. The number of carbonyl (C=O) groups excluding carboxylic acids is 1. The molecule has 1 amide bonds. The van der Waals surface area contributed by atoms with Crippen LogP contribution >= 0.6 is 23.2 Å². The van der Waals surface area contributed by atoms with Crippen LogP contribution in [0, 0.1) is 0 Å². The first-order valence-corrected chi connectivity index (χ1v) is 9.99. The fourth-order valence-corrected chi connectivity index (χ4v) is 4.21. The summed E-state index contributed by atoms with van der Waals surface area (Å²) in [7, 11) is -3.73. The number of nitrogens with zero attached hydrogens (tertiary/aromatic N) is 1. The normalized spacial score (nSPS) is 11.6. The van der Waals surface area contributed by atoms with Crippen LogP contribution in [0.15, 0.2) is 41.3 Å². The summed E-state index contributed by atoms with van der Waals surface area (Å²) in [5.41, 5.74) is 0.0647. The number of benzene rings is 2. The van der Waals surface area contributed by atoms with E-state index in [1.54, 1.807) is 13.8 Å². The highest BCUT2D eigenvalue weighted by atomic mass is 35.5. The quantitative estimate of drug-likeness (QED) is 0.697. The molecule has 140 valence electrons. The first-order valence-electron chi connectivity index (χ1n) is 7.80. The number of sulfonamides is 1. The van der Waals surface area contributed by atoms with Crippen molar-refractivity contribution in [1.29, 1.82) is 0 Å². The van der Waals surface area contributed by atoms with Gasteiger partial charge in [-0.15, -0.1) is 0 Å². The lowest BCUT2D eigenvalue weighted by molar-refractivity contribution is 0.102. The van der Waals surface area contributed by atoms with Gasteiger partial charge in [0.2, 0.25) is 10.0 Å². The summed E-state index contributed by atoms with van der Waals surface area (Å²) in [6, 6.07) is 8.10. The van der Waals surface area contributed by atoms with E-state index in [-0.39, 0.29) is 26.9 Å². The maximum absolute atomic E-state index is 12.6. The highest BCUT2D eigenvalue weighted by Crippen LogP contribution is 2.29. The van der Waals surface area contributed by atoms with Crippen LogP contribution in [-0.4, -0.2) is 36.8 Å². The van der Waals surface area contributed by atoms with Crippen molar-refractivity contribution >= 4 is 44.8 Å². The second kappa shape index (κ2) is 8.26. The molecule has 0 unspecified atom stereocenters. The maximum atomic E-state index is 12.6. The summed E-state index contributed by atoms with van der Waals surface area (Å²) in [4.78, 5) is 12.4. The van der Waals surface area contributed by atoms with E-state index < -0.39 is 15.9 Å². The molecule has 0 aliphatic heterocycles. The van der Waals surface area contributed by atoms with Crippen LogP contribution < -0.4 is 5.32 Å². The summed E-state index contributed by atoms with van der Waals surface area (Å²) >= 11 is 11.9. The van der Waals surface area contributed by atoms with Gasteiger partial charge in [0.15, 0.2) is 0 Å². The van der Waals surface area contributed by atoms with Crippen LogP contribution in [0.1, 0.15) is 24.2 Å². The Labute approximate surface area is 162 Å². The van der Waals surface area contributed by atoms with Gasteiger partial charge in [0.05, 0.1) is 21.2 Å². The molecule has 0 saturated heterocycles. The molecule has 0 aliphatic carbocycles. The Hall–Kier alpha value is -1.80. The SMILES string of the molecule is CCN(CC)S(=O)(=O)c1ccc(O)c(NC(=O)c2cc(Cl)ccc2Cl)c1. The molecule has 0 aromatic heterocycles. The Morgan fingerprint density at radius 2 is 1.77 bits per heavy atom. The molecule has 9 heteroatoms. The van der Waals surface area contributed by atoms with Gasteiger partial charge in [-0.3, -0.25) is 4.79 Å². The number of carbonyl (C=O) groups is 1. The molecule has 0 saturated carbocycles. The minimum absolute atomic E-state index is 0.0357. The minimum atomic E-state index is -3.73. The Kier molecular flexibility index (Phi) is 6.52. The second-order valence-electron chi connectivity index (χ2n) is 5.35. The molecule has 26 heavy (non-hydrogen) atoms.